The van der Waals surface area contributed by atoms with E-state index in [1.54, 1.807) is 4.90 Å². The van der Waals surface area contributed by atoms with Crippen LogP contribution in [0.4, 0.5) is 39.5 Å². The molecule has 216 valence electrons. The fourth-order valence-corrected chi connectivity index (χ4v) is 5.15. The average molecular weight is 570 g/mol. The third-order valence-corrected chi connectivity index (χ3v) is 7.12. The van der Waals surface area contributed by atoms with Gasteiger partial charge in [0.15, 0.2) is 0 Å². The summed E-state index contributed by atoms with van der Waals surface area (Å²) in [5, 5.41) is 9.24. The predicted molar refractivity (Wildman–Crippen MR) is 125 cm³/mol. The lowest BCUT2D eigenvalue weighted by molar-refractivity contribution is -0.141. The third kappa shape index (κ3) is 9.15. The van der Waals surface area contributed by atoms with Gasteiger partial charge in [0, 0.05) is 24.9 Å². The van der Waals surface area contributed by atoms with Gasteiger partial charge in [0.2, 0.25) is 0 Å². The van der Waals surface area contributed by atoms with E-state index in [9.17, 15) is 49.4 Å². The molecule has 0 aliphatic carbocycles. The van der Waals surface area contributed by atoms with Crippen molar-refractivity contribution < 1.29 is 49.4 Å². The molecular formula is C27H28F9NO2. The van der Waals surface area contributed by atoms with Crippen molar-refractivity contribution in [3.05, 3.63) is 70.8 Å². The second-order valence-corrected chi connectivity index (χ2v) is 9.90. The first-order chi connectivity index (χ1) is 18.0. The van der Waals surface area contributed by atoms with E-state index < -0.39 is 54.1 Å². The van der Waals surface area contributed by atoms with Crippen LogP contribution in [-0.2, 0) is 23.6 Å². The Labute approximate surface area is 219 Å². The van der Waals surface area contributed by atoms with E-state index in [-0.39, 0.29) is 44.6 Å². The van der Waals surface area contributed by atoms with Gasteiger partial charge in [-0.3, -0.25) is 9.69 Å². The van der Waals surface area contributed by atoms with Crippen LogP contribution in [0.15, 0.2) is 48.5 Å². The highest BCUT2D eigenvalue weighted by Gasteiger charge is 2.38. The zero-order valence-corrected chi connectivity index (χ0v) is 20.7. The van der Waals surface area contributed by atoms with Gasteiger partial charge >= 0.3 is 24.5 Å². The molecule has 0 radical (unpaired) electrons. The summed E-state index contributed by atoms with van der Waals surface area (Å²) in [5.74, 6) is -1.36. The Morgan fingerprint density at radius 2 is 1.38 bits per heavy atom. The first-order valence-electron chi connectivity index (χ1n) is 12.4. The second-order valence-electron chi connectivity index (χ2n) is 9.90. The number of hydrogen-bond acceptors (Lipinski definition) is 2. The largest absolute Gasteiger partial charge is 0.481 e. The molecule has 39 heavy (non-hydrogen) atoms. The lowest BCUT2D eigenvalue weighted by Gasteiger charge is -2.44. The Bertz CT molecular complexity index is 1080. The number of likely N-dealkylation sites (tertiary alicyclic amines) is 1. The lowest BCUT2D eigenvalue weighted by Crippen LogP contribution is -2.44. The molecule has 0 spiro atoms. The molecule has 1 heterocycles. The van der Waals surface area contributed by atoms with Crippen molar-refractivity contribution in [1.82, 2.24) is 4.90 Å². The number of nitrogens with zero attached hydrogens (tertiary/aromatic N) is 1. The number of alkyl halides is 9. The Morgan fingerprint density at radius 1 is 0.846 bits per heavy atom. The van der Waals surface area contributed by atoms with Gasteiger partial charge < -0.3 is 5.11 Å². The summed E-state index contributed by atoms with van der Waals surface area (Å²) in [6.45, 7) is 0.235. The van der Waals surface area contributed by atoms with Crippen molar-refractivity contribution in [2.45, 2.75) is 75.6 Å². The Hall–Kier alpha value is -2.76. The fraction of sp³-hybridized carbons (Fsp3) is 0.519. The molecule has 1 aliphatic heterocycles. The molecule has 1 aliphatic rings. The van der Waals surface area contributed by atoms with Gasteiger partial charge in [0.25, 0.3) is 0 Å². The van der Waals surface area contributed by atoms with E-state index in [0.717, 1.165) is 24.3 Å². The molecule has 0 amide bonds. The van der Waals surface area contributed by atoms with Crippen LogP contribution in [0.1, 0.15) is 66.8 Å². The molecule has 3 atom stereocenters. The second kappa shape index (κ2) is 12.2. The smallest absolute Gasteiger partial charge is 0.416 e. The maximum atomic E-state index is 13.2. The lowest BCUT2D eigenvalue weighted by atomic mass is 9.83. The van der Waals surface area contributed by atoms with Crippen LogP contribution in [-0.4, -0.2) is 34.7 Å². The predicted octanol–water partition coefficient (Wildman–Crippen LogP) is 8.30. The highest BCUT2D eigenvalue weighted by atomic mass is 19.4. The van der Waals surface area contributed by atoms with Crippen molar-refractivity contribution in [1.29, 1.82) is 0 Å². The number of benzene rings is 2. The van der Waals surface area contributed by atoms with Gasteiger partial charge in [-0.05, 0) is 80.0 Å². The van der Waals surface area contributed by atoms with E-state index in [2.05, 4.69) is 0 Å². The molecule has 3 rings (SSSR count). The molecule has 0 unspecified atom stereocenters. The topological polar surface area (TPSA) is 40.5 Å². The standard InChI is InChI=1S/C27H28F9NO2/c28-25(29,30)13-11-22(10-3-17-1-6-20(7-2-17)26(31,32)33)37-14-12-18(16-24(38)39)15-23(37)19-4-8-21(9-5-19)27(34,35)36/h1-2,4-9,18,22-23H,3,10-16H2,(H,38,39)/t18-,22-,23+/m1/s1. The fourth-order valence-electron chi connectivity index (χ4n) is 5.15. The molecule has 2 aromatic rings. The summed E-state index contributed by atoms with van der Waals surface area (Å²) in [4.78, 5) is 13.1. The quantitative estimate of drug-likeness (QED) is 0.309. The summed E-state index contributed by atoms with van der Waals surface area (Å²) >= 11 is 0. The van der Waals surface area contributed by atoms with Gasteiger partial charge in [-0.2, -0.15) is 39.5 Å². The molecular weight excluding hydrogens is 541 g/mol. The minimum absolute atomic E-state index is 0.169. The number of carbonyl (C=O) groups is 1. The molecule has 0 aromatic heterocycles. The molecule has 12 heteroatoms. The average Bonchev–Trinajstić information content (AvgIpc) is 2.82. The normalized spacial score (nSPS) is 20.1. The number of halogens is 9. The number of aliphatic carboxylic acids is 1. The Morgan fingerprint density at radius 3 is 1.87 bits per heavy atom. The molecule has 3 nitrogen and oxygen atoms in total. The van der Waals surface area contributed by atoms with Crippen LogP contribution >= 0.6 is 0 Å². The van der Waals surface area contributed by atoms with Crippen LogP contribution in [0.3, 0.4) is 0 Å². The molecule has 1 saturated heterocycles. The summed E-state index contributed by atoms with van der Waals surface area (Å²) in [6, 6.07) is 7.36. The van der Waals surface area contributed by atoms with Crippen molar-refractivity contribution in [3.8, 4) is 0 Å². The molecule has 1 fully saturated rings. The van der Waals surface area contributed by atoms with Crippen molar-refractivity contribution >= 4 is 5.97 Å². The summed E-state index contributed by atoms with van der Waals surface area (Å²) in [7, 11) is 0. The van der Waals surface area contributed by atoms with E-state index >= 15 is 0 Å². The van der Waals surface area contributed by atoms with Crippen LogP contribution in [0, 0.1) is 5.92 Å². The molecule has 0 bridgehead atoms. The summed E-state index contributed by atoms with van der Waals surface area (Å²) < 4.78 is 117. The van der Waals surface area contributed by atoms with Crippen LogP contribution < -0.4 is 0 Å². The van der Waals surface area contributed by atoms with Gasteiger partial charge in [-0.1, -0.05) is 24.3 Å². The monoisotopic (exact) mass is 569 g/mol. The number of hydrogen-bond donors (Lipinski definition) is 1. The number of piperidine rings is 1. The third-order valence-electron chi connectivity index (χ3n) is 7.12. The van der Waals surface area contributed by atoms with Crippen LogP contribution in [0.5, 0.6) is 0 Å². The Balaban J connectivity index is 1.87. The molecule has 1 N–H and O–H groups in total. The molecule has 2 aromatic carbocycles. The number of carboxylic acids is 1. The number of rotatable bonds is 9. The maximum Gasteiger partial charge on any atom is 0.416 e. The van der Waals surface area contributed by atoms with Gasteiger partial charge in [0.1, 0.15) is 0 Å². The highest BCUT2D eigenvalue weighted by molar-refractivity contribution is 5.67. The van der Waals surface area contributed by atoms with Gasteiger partial charge in [-0.25, -0.2) is 0 Å². The first-order valence-corrected chi connectivity index (χ1v) is 12.4. The Kier molecular flexibility index (Phi) is 9.61. The maximum absolute atomic E-state index is 13.2. The van der Waals surface area contributed by atoms with E-state index in [4.69, 9.17) is 0 Å². The zero-order chi connectivity index (χ0) is 29.0. The van der Waals surface area contributed by atoms with Crippen molar-refractivity contribution in [2.75, 3.05) is 6.54 Å². The first kappa shape index (κ1) is 30.8. The van der Waals surface area contributed by atoms with Crippen molar-refractivity contribution in [2.24, 2.45) is 5.92 Å². The minimum atomic E-state index is -4.58. The zero-order valence-electron chi connectivity index (χ0n) is 20.7. The number of carboxylic acid groups (broad SMARTS) is 1. The highest BCUT2D eigenvalue weighted by Crippen LogP contribution is 2.40. The summed E-state index contributed by atoms with van der Waals surface area (Å²) in [6.07, 6.45) is -14.2. The van der Waals surface area contributed by atoms with Gasteiger partial charge in [-0.15, -0.1) is 0 Å². The molecule has 0 saturated carbocycles. The number of aryl methyl sites for hydroxylation is 1. The minimum Gasteiger partial charge on any atom is -0.481 e. The van der Waals surface area contributed by atoms with Crippen molar-refractivity contribution in [3.63, 3.8) is 0 Å². The summed E-state index contributed by atoms with van der Waals surface area (Å²) in [5.41, 5.74) is -0.786. The van der Waals surface area contributed by atoms with E-state index in [1.165, 1.54) is 24.3 Å². The van der Waals surface area contributed by atoms with Crippen LogP contribution in [0.25, 0.3) is 0 Å². The van der Waals surface area contributed by atoms with Crippen LogP contribution in [0.2, 0.25) is 0 Å². The SMILES string of the molecule is O=C(O)C[C@@H]1CCN([C@H](CCc2ccc(C(F)(F)F)cc2)CCC(F)(F)F)[C@H](c2ccc(C(F)(F)F)cc2)C1. The van der Waals surface area contributed by atoms with E-state index in [0.29, 0.717) is 17.5 Å². The van der Waals surface area contributed by atoms with E-state index in [1.807, 2.05) is 0 Å². The van der Waals surface area contributed by atoms with Gasteiger partial charge in [0.05, 0.1) is 11.1 Å².